The monoisotopic (exact) mass is 252 g/mol. The highest BCUT2D eigenvalue weighted by molar-refractivity contribution is 7.14. The van der Waals surface area contributed by atoms with Gasteiger partial charge in [-0.25, -0.2) is 0 Å². The fourth-order valence-corrected chi connectivity index (χ4v) is 3.17. The number of carbonyl (C=O) groups excluding carboxylic acids is 1. The van der Waals surface area contributed by atoms with E-state index in [1.54, 1.807) is 11.3 Å². The molecule has 0 unspecified atom stereocenters. The van der Waals surface area contributed by atoms with Gasteiger partial charge in [0.25, 0.3) is 5.91 Å². The van der Waals surface area contributed by atoms with E-state index in [2.05, 4.69) is 11.4 Å². The van der Waals surface area contributed by atoms with Gasteiger partial charge < -0.3 is 11.1 Å². The van der Waals surface area contributed by atoms with Gasteiger partial charge in [0.1, 0.15) is 0 Å². The zero-order valence-corrected chi connectivity index (χ0v) is 11.3. The number of fused-ring (bicyclic) bond motifs is 1. The molecule has 0 aliphatic heterocycles. The van der Waals surface area contributed by atoms with Crippen LogP contribution in [0.15, 0.2) is 6.07 Å². The molecule has 1 aliphatic carbocycles. The SMILES string of the molecule is CC(C)(CN)NC(=O)c1cc2c(s1)CCCC2. The van der Waals surface area contributed by atoms with Gasteiger partial charge in [0, 0.05) is 17.0 Å². The van der Waals surface area contributed by atoms with Crippen LogP contribution < -0.4 is 11.1 Å². The van der Waals surface area contributed by atoms with Crippen molar-refractivity contribution in [3.8, 4) is 0 Å². The molecule has 1 heterocycles. The Labute approximate surface area is 106 Å². The lowest BCUT2D eigenvalue weighted by Gasteiger charge is -2.23. The summed E-state index contributed by atoms with van der Waals surface area (Å²) >= 11 is 1.64. The highest BCUT2D eigenvalue weighted by atomic mass is 32.1. The molecular formula is C13H20N2OS. The van der Waals surface area contributed by atoms with Crippen LogP contribution in [0.4, 0.5) is 0 Å². The second-order valence-electron chi connectivity index (χ2n) is 5.31. The lowest BCUT2D eigenvalue weighted by atomic mass is 9.99. The molecule has 94 valence electrons. The zero-order chi connectivity index (χ0) is 12.5. The minimum atomic E-state index is -0.332. The lowest BCUT2D eigenvalue weighted by molar-refractivity contribution is 0.0920. The van der Waals surface area contributed by atoms with Crippen LogP contribution in [0.25, 0.3) is 0 Å². The first-order valence-corrected chi connectivity index (χ1v) is 6.98. The molecule has 1 aromatic heterocycles. The molecule has 0 fully saturated rings. The number of nitrogens with one attached hydrogen (secondary N) is 1. The Morgan fingerprint density at radius 2 is 2.18 bits per heavy atom. The van der Waals surface area contributed by atoms with E-state index in [1.165, 1.54) is 23.3 Å². The molecular weight excluding hydrogens is 232 g/mol. The number of rotatable bonds is 3. The maximum absolute atomic E-state index is 12.1. The largest absolute Gasteiger partial charge is 0.345 e. The molecule has 17 heavy (non-hydrogen) atoms. The molecule has 0 saturated heterocycles. The Hall–Kier alpha value is -0.870. The van der Waals surface area contributed by atoms with Crippen molar-refractivity contribution in [1.29, 1.82) is 0 Å². The standard InChI is InChI=1S/C13H20N2OS/c1-13(2,8-14)15-12(16)11-7-9-5-3-4-6-10(9)17-11/h7H,3-6,8,14H2,1-2H3,(H,15,16). The molecule has 0 bridgehead atoms. The molecule has 1 aliphatic rings. The first kappa shape index (κ1) is 12.6. The molecule has 1 aromatic rings. The first-order valence-electron chi connectivity index (χ1n) is 6.16. The molecule has 0 spiro atoms. The van der Waals surface area contributed by atoms with Crippen LogP contribution in [0.1, 0.15) is 46.8 Å². The van der Waals surface area contributed by atoms with Gasteiger partial charge in [0.15, 0.2) is 0 Å². The summed E-state index contributed by atoms with van der Waals surface area (Å²) in [6.45, 7) is 4.33. The highest BCUT2D eigenvalue weighted by Gasteiger charge is 2.22. The molecule has 3 N–H and O–H groups in total. The van der Waals surface area contributed by atoms with Crippen LogP contribution in [0.5, 0.6) is 0 Å². The summed E-state index contributed by atoms with van der Waals surface area (Å²) in [5.41, 5.74) is 6.66. The molecule has 0 aromatic carbocycles. The van der Waals surface area contributed by atoms with Crippen molar-refractivity contribution in [3.63, 3.8) is 0 Å². The van der Waals surface area contributed by atoms with Crippen LogP contribution in [-0.4, -0.2) is 18.0 Å². The third kappa shape index (κ3) is 2.87. The summed E-state index contributed by atoms with van der Waals surface area (Å²) in [7, 11) is 0. The molecule has 0 radical (unpaired) electrons. The molecule has 4 heteroatoms. The van der Waals surface area contributed by atoms with Crippen LogP contribution in [0.2, 0.25) is 0 Å². The lowest BCUT2D eigenvalue weighted by Crippen LogP contribution is -2.48. The van der Waals surface area contributed by atoms with Crippen molar-refractivity contribution in [1.82, 2.24) is 5.32 Å². The predicted octanol–water partition coefficient (Wildman–Crippen LogP) is 2.09. The Bertz CT molecular complexity index is 400. The predicted molar refractivity (Wildman–Crippen MR) is 71.6 cm³/mol. The minimum Gasteiger partial charge on any atom is -0.345 e. The molecule has 0 atom stereocenters. The quantitative estimate of drug-likeness (QED) is 0.865. The van der Waals surface area contributed by atoms with Gasteiger partial charge >= 0.3 is 0 Å². The van der Waals surface area contributed by atoms with E-state index < -0.39 is 0 Å². The summed E-state index contributed by atoms with van der Waals surface area (Å²) in [6, 6.07) is 2.06. The number of hydrogen-bond acceptors (Lipinski definition) is 3. The van der Waals surface area contributed by atoms with Gasteiger partial charge in [-0.1, -0.05) is 0 Å². The van der Waals surface area contributed by atoms with Crippen LogP contribution in [0, 0.1) is 0 Å². The number of nitrogens with two attached hydrogens (primary N) is 1. The maximum atomic E-state index is 12.1. The fraction of sp³-hybridized carbons (Fsp3) is 0.615. The smallest absolute Gasteiger partial charge is 0.261 e. The van der Waals surface area contributed by atoms with Crippen molar-refractivity contribution < 1.29 is 4.79 Å². The molecule has 0 saturated carbocycles. The van der Waals surface area contributed by atoms with Crippen molar-refractivity contribution in [3.05, 3.63) is 21.4 Å². The van der Waals surface area contributed by atoms with Crippen molar-refractivity contribution >= 4 is 17.2 Å². The Morgan fingerprint density at radius 1 is 1.47 bits per heavy atom. The second kappa shape index (κ2) is 4.78. The second-order valence-corrected chi connectivity index (χ2v) is 6.45. The van der Waals surface area contributed by atoms with E-state index >= 15 is 0 Å². The van der Waals surface area contributed by atoms with Gasteiger partial charge in [-0.3, -0.25) is 4.79 Å². The van der Waals surface area contributed by atoms with Crippen molar-refractivity contribution in [2.45, 2.75) is 45.1 Å². The zero-order valence-electron chi connectivity index (χ0n) is 10.5. The normalized spacial score (nSPS) is 15.5. The first-order chi connectivity index (χ1) is 8.02. The van der Waals surface area contributed by atoms with Crippen LogP contribution >= 0.6 is 11.3 Å². The van der Waals surface area contributed by atoms with Gasteiger partial charge in [0.05, 0.1) is 4.88 Å². The minimum absolute atomic E-state index is 0.0137. The maximum Gasteiger partial charge on any atom is 0.261 e. The van der Waals surface area contributed by atoms with Gasteiger partial charge in [-0.05, 0) is 51.2 Å². The molecule has 1 amide bonds. The van der Waals surface area contributed by atoms with Crippen LogP contribution in [-0.2, 0) is 12.8 Å². The number of carbonyl (C=O) groups is 1. The van der Waals surface area contributed by atoms with Crippen LogP contribution in [0.3, 0.4) is 0 Å². The number of hydrogen-bond donors (Lipinski definition) is 2. The van der Waals surface area contributed by atoms with E-state index in [1.807, 2.05) is 13.8 Å². The van der Waals surface area contributed by atoms with Gasteiger partial charge in [-0.15, -0.1) is 11.3 Å². The highest BCUT2D eigenvalue weighted by Crippen LogP contribution is 2.29. The summed E-state index contributed by atoms with van der Waals surface area (Å²) in [5, 5.41) is 2.98. The third-order valence-corrected chi connectivity index (χ3v) is 4.42. The van der Waals surface area contributed by atoms with E-state index in [9.17, 15) is 4.79 Å². The van der Waals surface area contributed by atoms with Crippen molar-refractivity contribution in [2.75, 3.05) is 6.54 Å². The summed E-state index contributed by atoms with van der Waals surface area (Å²) in [4.78, 5) is 14.3. The van der Waals surface area contributed by atoms with Crippen molar-refractivity contribution in [2.24, 2.45) is 5.73 Å². The number of amides is 1. The molecule has 2 rings (SSSR count). The van der Waals surface area contributed by atoms with E-state index in [-0.39, 0.29) is 11.4 Å². The number of aryl methyl sites for hydroxylation is 2. The van der Waals surface area contributed by atoms with Gasteiger partial charge in [0.2, 0.25) is 0 Å². The Balaban J connectivity index is 2.12. The van der Waals surface area contributed by atoms with E-state index in [0.29, 0.717) is 6.54 Å². The molecule has 3 nitrogen and oxygen atoms in total. The summed E-state index contributed by atoms with van der Waals surface area (Å²) in [6.07, 6.45) is 4.76. The van der Waals surface area contributed by atoms with Gasteiger partial charge in [-0.2, -0.15) is 0 Å². The van der Waals surface area contributed by atoms with E-state index in [4.69, 9.17) is 5.73 Å². The summed E-state index contributed by atoms with van der Waals surface area (Å²) in [5.74, 6) is 0.0137. The number of thiophene rings is 1. The summed E-state index contributed by atoms with van der Waals surface area (Å²) < 4.78 is 0. The Morgan fingerprint density at radius 3 is 2.82 bits per heavy atom. The van der Waals surface area contributed by atoms with E-state index in [0.717, 1.165) is 17.7 Å². The average molecular weight is 252 g/mol. The Kier molecular flexibility index (Phi) is 3.54. The average Bonchev–Trinajstić information content (AvgIpc) is 2.72. The fourth-order valence-electron chi connectivity index (χ4n) is 2.02. The third-order valence-electron chi connectivity index (χ3n) is 3.18. The topological polar surface area (TPSA) is 55.1 Å².